The number of phenolic OH excluding ortho intramolecular Hbond substituents is 6. The lowest BCUT2D eigenvalue weighted by molar-refractivity contribution is 0.458. The molecule has 0 spiro atoms. The molecule has 0 bridgehead atoms. The van der Waals surface area contributed by atoms with Gasteiger partial charge in [0, 0.05) is 12.8 Å². The summed E-state index contributed by atoms with van der Waals surface area (Å²) in [7, 11) is 0. The SMILES string of the molecule is Cc1cc(C)c(O)c(Cc2cc(C)c(O)c(C)c2)c1.Cc1cc(C)c(O)c(Cc2cc(C)cc(C)c2O)c1.Cc1cc(Cc2cc(C)c(O)c(C)c2)cc(C)c1O. The molecule has 6 nitrogen and oxygen atoms in total. The van der Waals surface area contributed by atoms with Crippen molar-refractivity contribution >= 4 is 0 Å². The third kappa shape index (κ3) is 11.1. The minimum absolute atomic E-state index is 0.323. The van der Waals surface area contributed by atoms with E-state index in [1.54, 1.807) is 0 Å². The predicted octanol–water partition coefficient (Wildman–Crippen LogP) is 11.8. The number of hydrogen-bond donors (Lipinski definition) is 6. The minimum atomic E-state index is 0.323. The van der Waals surface area contributed by atoms with Crippen LogP contribution in [-0.2, 0) is 19.3 Å². The first kappa shape index (κ1) is 43.8. The Kier molecular flexibility index (Phi) is 14.1. The van der Waals surface area contributed by atoms with Gasteiger partial charge >= 0.3 is 0 Å². The average Bonchev–Trinajstić information content (AvgIpc) is 3.12. The van der Waals surface area contributed by atoms with Crippen molar-refractivity contribution in [3.05, 3.63) is 173 Å². The summed E-state index contributed by atoms with van der Waals surface area (Å²) in [5.74, 6) is 2.12. The Bertz CT molecular complexity index is 2240. The van der Waals surface area contributed by atoms with E-state index < -0.39 is 0 Å². The lowest BCUT2D eigenvalue weighted by atomic mass is 9.96. The summed E-state index contributed by atoms with van der Waals surface area (Å²) in [6.07, 6.45) is 2.03. The zero-order valence-corrected chi connectivity index (χ0v) is 35.7. The van der Waals surface area contributed by atoms with Crippen LogP contribution < -0.4 is 0 Å². The zero-order chi connectivity index (χ0) is 42.5. The third-order valence-corrected chi connectivity index (χ3v) is 10.4. The Morgan fingerprint density at radius 1 is 0.246 bits per heavy atom. The van der Waals surface area contributed by atoms with E-state index >= 15 is 0 Å². The van der Waals surface area contributed by atoms with E-state index in [1.807, 2.05) is 156 Å². The van der Waals surface area contributed by atoms with Crippen molar-refractivity contribution in [2.75, 3.05) is 0 Å². The molecule has 0 saturated heterocycles. The number of hydrogen-bond acceptors (Lipinski definition) is 6. The van der Waals surface area contributed by atoms with Crippen LogP contribution in [-0.4, -0.2) is 30.6 Å². The maximum Gasteiger partial charge on any atom is 0.122 e. The van der Waals surface area contributed by atoms with E-state index in [2.05, 4.69) is 0 Å². The molecular weight excluding hydrogens is 709 g/mol. The monoisotopic (exact) mass is 768 g/mol. The van der Waals surface area contributed by atoms with Gasteiger partial charge in [0.1, 0.15) is 34.5 Å². The van der Waals surface area contributed by atoms with Gasteiger partial charge in [-0.25, -0.2) is 0 Å². The highest BCUT2D eigenvalue weighted by Gasteiger charge is 2.13. The first-order chi connectivity index (χ1) is 26.6. The highest BCUT2D eigenvalue weighted by atomic mass is 16.3. The smallest absolute Gasteiger partial charge is 0.122 e. The lowest BCUT2D eigenvalue weighted by Crippen LogP contribution is -1.95. The summed E-state index contributed by atoms with van der Waals surface area (Å²) in [4.78, 5) is 0. The molecule has 6 N–H and O–H groups in total. The molecule has 0 aliphatic heterocycles. The van der Waals surface area contributed by atoms with Crippen molar-refractivity contribution in [1.82, 2.24) is 0 Å². The van der Waals surface area contributed by atoms with Crippen molar-refractivity contribution in [2.45, 2.75) is 102 Å². The van der Waals surface area contributed by atoms with Crippen LogP contribution in [0.25, 0.3) is 0 Å². The van der Waals surface area contributed by atoms with Gasteiger partial charge in [0.2, 0.25) is 0 Å². The summed E-state index contributed by atoms with van der Waals surface area (Å²) >= 11 is 0. The van der Waals surface area contributed by atoms with E-state index in [9.17, 15) is 30.6 Å². The molecule has 0 unspecified atom stereocenters. The molecular formula is C51H60O6. The highest BCUT2D eigenvalue weighted by molar-refractivity contribution is 5.51. The normalized spacial score (nSPS) is 10.7. The summed E-state index contributed by atoms with van der Waals surface area (Å²) in [6.45, 7) is 23.2. The summed E-state index contributed by atoms with van der Waals surface area (Å²) in [5, 5.41) is 59.8. The number of phenols is 6. The maximum absolute atomic E-state index is 10.1. The van der Waals surface area contributed by atoms with Crippen molar-refractivity contribution in [3.8, 4) is 34.5 Å². The molecule has 0 aliphatic carbocycles. The molecule has 0 radical (unpaired) electrons. The van der Waals surface area contributed by atoms with Gasteiger partial charge < -0.3 is 30.6 Å². The topological polar surface area (TPSA) is 121 Å². The molecule has 0 fully saturated rings. The van der Waals surface area contributed by atoms with Gasteiger partial charge in [0.05, 0.1) is 0 Å². The van der Waals surface area contributed by atoms with Crippen molar-refractivity contribution in [1.29, 1.82) is 0 Å². The Labute approximate surface area is 339 Å². The van der Waals surface area contributed by atoms with Crippen LogP contribution in [0.2, 0.25) is 0 Å². The van der Waals surface area contributed by atoms with Gasteiger partial charge in [-0.3, -0.25) is 0 Å². The van der Waals surface area contributed by atoms with Crippen LogP contribution in [0.15, 0.2) is 72.8 Å². The van der Waals surface area contributed by atoms with E-state index in [4.69, 9.17) is 0 Å². The molecule has 0 amide bonds. The summed E-state index contributed by atoms with van der Waals surface area (Å²) in [5.41, 5.74) is 17.5. The predicted molar refractivity (Wildman–Crippen MR) is 234 cm³/mol. The van der Waals surface area contributed by atoms with Crippen LogP contribution in [0.3, 0.4) is 0 Å². The fraction of sp³-hybridized carbons (Fsp3) is 0.294. The maximum atomic E-state index is 10.1. The molecule has 6 rings (SSSR count). The van der Waals surface area contributed by atoms with E-state index in [0.717, 1.165) is 95.4 Å². The molecule has 57 heavy (non-hydrogen) atoms. The van der Waals surface area contributed by atoms with E-state index in [0.29, 0.717) is 47.3 Å². The van der Waals surface area contributed by atoms with Crippen LogP contribution in [0.5, 0.6) is 34.5 Å². The molecule has 0 heterocycles. The van der Waals surface area contributed by atoms with Gasteiger partial charge in [0.15, 0.2) is 0 Å². The number of aromatic hydroxyl groups is 6. The molecule has 6 aromatic carbocycles. The standard InChI is InChI=1S/3C17H20O2/c1-10-5-14(6-11(2)16(10)18)9-15-7-12(3)17(19)13(4)8-15;1-10-5-12(3)16(18)14(7-10)9-15-8-11(2)6-13(4)17(15)19;1-10-5-11(2)17(19)15(6-10)9-14-7-12(3)16(18)13(4)8-14/h3*5-8,18-19H,9H2,1-4H3. The second kappa shape index (κ2) is 18.4. The van der Waals surface area contributed by atoms with Crippen molar-refractivity contribution in [3.63, 3.8) is 0 Å². The summed E-state index contributed by atoms with van der Waals surface area (Å²) < 4.78 is 0. The number of benzene rings is 6. The van der Waals surface area contributed by atoms with E-state index in [1.165, 1.54) is 11.1 Å². The number of rotatable bonds is 6. The van der Waals surface area contributed by atoms with Crippen LogP contribution >= 0.6 is 0 Å². The van der Waals surface area contributed by atoms with Crippen LogP contribution in [0.4, 0.5) is 0 Å². The molecule has 0 saturated carbocycles. The van der Waals surface area contributed by atoms with Gasteiger partial charge in [-0.15, -0.1) is 0 Å². The highest BCUT2D eigenvalue weighted by Crippen LogP contribution is 2.32. The second-order valence-electron chi connectivity index (χ2n) is 16.0. The van der Waals surface area contributed by atoms with Gasteiger partial charge in [-0.05, 0) is 173 Å². The first-order valence-electron chi connectivity index (χ1n) is 19.4. The Hall–Kier alpha value is -5.88. The molecule has 0 aliphatic rings. The lowest BCUT2D eigenvalue weighted by Gasteiger charge is -2.12. The molecule has 0 aromatic heterocycles. The Morgan fingerprint density at radius 3 is 0.719 bits per heavy atom. The largest absolute Gasteiger partial charge is 0.507 e. The van der Waals surface area contributed by atoms with Gasteiger partial charge in [-0.1, -0.05) is 89.5 Å². The summed E-state index contributed by atoms with van der Waals surface area (Å²) in [6, 6.07) is 23.9. The van der Waals surface area contributed by atoms with Gasteiger partial charge in [-0.2, -0.15) is 0 Å². The average molecular weight is 769 g/mol. The molecule has 300 valence electrons. The Morgan fingerprint density at radius 2 is 0.456 bits per heavy atom. The number of aryl methyl sites for hydroxylation is 12. The van der Waals surface area contributed by atoms with Gasteiger partial charge in [0.25, 0.3) is 0 Å². The second-order valence-corrected chi connectivity index (χ2v) is 16.0. The third-order valence-electron chi connectivity index (χ3n) is 10.4. The fourth-order valence-corrected chi connectivity index (χ4v) is 7.65. The zero-order valence-electron chi connectivity index (χ0n) is 35.7. The first-order valence-corrected chi connectivity index (χ1v) is 19.4. The van der Waals surface area contributed by atoms with E-state index in [-0.39, 0.29) is 0 Å². The van der Waals surface area contributed by atoms with Crippen LogP contribution in [0, 0.1) is 83.1 Å². The molecule has 0 atom stereocenters. The fourth-order valence-electron chi connectivity index (χ4n) is 7.65. The Balaban J connectivity index is 0.000000189. The molecule has 6 aromatic rings. The van der Waals surface area contributed by atoms with Crippen LogP contribution in [0.1, 0.15) is 100 Å². The minimum Gasteiger partial charge on any atom is -0.507 e. The van der Waals surface area contributed by atoms with Crippen molar-refractivity contribution < 1.29 is 30.6 Å². The van der Waals surface area contributed by atoms with Crippen molar-refractivity contribution in [2.24, 2.45) is 0 Å². The molecule has 6 heteroatoms. The quantitative estimate of drug-likeness (QED) is 0.100.